The number of ether oxygens (including phenoxy) is 2. The molecule has 0 aliphatic rings. The first-order valence-electron chi connectivity index (χ1n) is 11.4. The summed E-state index contributed by atoms with van der Waals surface area (Å²) < 4.78 is 19.2. The lowest BCUT2D eigenvalue weighted by atomic mass is 9.82. The Morgan fingerprint density at radius 1 is 1.11 bits per heavy atom. The van der Waals surface area contributed by atoms with Crippen molar-refractivity contribution in [3.8, 4) is 22.8 Å². The largest absolute Gasteiger partial charge is 0.493 e. The van der Waals surface area contributed by atoms with E-state index >= 15 is 0 Å². The Morgan fingerprint density at radius 3 is 2.54 bits per heavy atom. The second-order valence-electron chi connectivity index (χ2n) is 10.4. The van der Waals surface area contributed by atoms with Crippen molar-refractivity contribution in [1.82, 2.24) is 9.38 Å². The van der Waals surface area contributed by atoms with Crippen molar-refractivity contribution < 1.29 is 18.7 Å². The maximum absolute atomic E-state index is 12.4. The van der Waals surface area contributed by atoms with Gasteiger partial charge in [0.1, 0.15) is 17.2 Å². The van der Waals surface area contributed by atoms with Crippen LogP contribution in [-0.2, 0) is 0 Å². The van der Waals surface area contributed by atoms with E-state index in [0.717, 1.165) is 33.6 Å². The maximum atomic E-state index is 12.4. The predicted octanol–water partition coefficient (Wildman–Crippen LogP) is 7.21. The third-order valence-electron chi connectivity index (χ3n) is 5.37. The molecule has 3 heterocycles. The van der Waals surface area contributed by atoms with E-state index in [2.05, 4.69) is 55.9 Å². The van der Waals surface area contributed by atoms with Crippen LogP contribution in [0.1, 0.15) is 51.6 Å². The number of carbonyl (C=O) groups excluding carboxylic acids is 1. The molecule has 0 radical (unpaired) electrons. The highest BCUT2D eigenvalue weighted by atomic mass is 79.9. The summed E-state index contributed by atoms with van der Waals surface area (Å²) in [6.45, 7) is 11.1. The number of halogens is 1. The van der Waals surface area contributed by atoms with Gasteiger partial charge in [-0.1, -0.05) is 20.8 Å². The minimum Gasteiger partial charge on any atom is -0.493 e. The minimum atomic E-state index is -0.593. The lowest BCUT2D eigenvalue weighted by Gasteiger charge is -2.34. The zero-order valence-electron chi connectivity index (χ0n) is 20.8. The number of hydrogen-bond donors (Lipinski definition) is 1. The van der Waals surface area contributed by atoms with Gasteiger partial charge in [-0.05, 0) is 84.1 Å². The van der Waals surface area contributed by atoms with Crippen molar-refractivity contribution in [3.63, 3.8) is 0 Å². The first-order valence-corrected chi connectivity index (χ1v) is 12.1. The number of nitrogens with one attached hydrogen (secondary N) is 1. The number of fused-ring (bicyclic) bond motifs is 1. The summed E-state index contributed by atoms with van der Waals surface area (Å²) in [7, 11) is 1.54. The molecule has 1 aromatic carbocycles. The molecule has 0 unspecified atom stereocenters. The minimum absolute atomic E-state index is 0.120. The van der Waals surface area contributed by atoms with Gasteiger partial charge < -0.3 is 19.2 Å². The molecule has 0 saturated carbocycles. The standard InChI is InChI=1S/C27H30BrN3O4/c1-26(2,3)16-27(4,5)30-24-23(29-22-12-10-18(28)15-31(22)24)17-9-11-19(21(14-17)33-6)35-25(32)20-8-7-13-34-20/h7-15,30H,16H2,1-6H3. The number of esters is 1. The number of pyridine rings is 1. The number of rotatable bonds is 7. The molecule has 0 spiro atoms. The Labute approximate surface area is 213 Å². The van der Waals surface area contributed by atoms with Gasteiger partial charge in [0.2, 0.25) is 5.76 Å². The topological polar surface area (TPSA) is 78.0 Å². The quantitative estimate of drug-likeness (QED) is 0.197. The predicted molar refractivity (Wildman–Crippen MR) is 140 cm³/mol. The van der Waals surface area contributed by atoms with E-state index in [9.17, 15) is 4.79 Å². The van der Waals surface area contributed by atoms with Crippen LogP contribution in [-0.4, -0.2) is 28.0 Å². The van der Waals surface area contributed by atoms with Gasteiger partial charge in [0, 0.05) is 21.8 Å². The molecule has 4 rings (SSSR count). The first-order chi connectivity index (χ1) is 16.5. The normalized spacial score (nSPS) is 12.1. The Kier molecular flexibility index (Phi) is 6.68. The number of nitrogens with zero attached hydrogens (tertiary/aromatic N) is 2. The molecule has 3 aromatic heterocycles. The van der Waals surface area contributed by atoms with Crippen LogP contribution >= 0.6 is 15.9 Å². The smallest absolute Gasteiger partial charge is 0.379 e. The van der Waals surface area contributed by atoms with Crippen LogP contribution in [0, 0.1) is 5.41 Å². The molecule has 0 fully saturated rings. The molecular formula is C27H30BrN3O4. The van der Waals surface area contributed by atoms with Gasteiger partial charge in [0.25, 0.3) is 0 Å². The second-order valence-corrected chi connectivity index (χ2v) is 11.3. The molecule has 8 heteroatoms. The van der Waals surface area contributed by atoms with Gasteiger partial charge in [-0.25, -0.2) is 9.78 Å². The number of carbonyl (C=O) groups is 1. The Bertz CT molecular complexity index is 1350. The van der Waals surface area contributed by atoms with Crippen LogP contribution in [0.25, 0.3) is 16.9 Å². The van der Waals surface area contributed by atoms with Gasteiger partial charge in [-0.3, -0.25) is 4.40 Å². The van der Waals surface area contributed by atoms with Crippen molar-refractivity contribution in [3.05, 3.63) is 65.2 Å². The van der Waals surface area contributed by atoms with Crippen LogP contribution in [0.5, 0.6) is 11.5 Å². The van der Waals surface area contributed by atoms with E-state index in [0.29, 0.717) is 11.5 Å². The fraction of sp³-hybridized carbons (Fsp3) is 0.333. The molecule has 0 aliphatic heterocycles. The number of benzene rings is 1. The summed E-state index contributed by atoms with van der Waals surface area (Å²) in [5.41, 5.74) is 2.35. The molecule has 4 aromatic rings. The molecule has 184 valence electrons. The maximum Gasteiger partial charge on any atom is 0.379 e. The van der Waals surface area contributed by atoms with Crippen LogP contribution in [0.3, 0.4) is 0 Å². The SMILES string of the molecule is COc1cc(-c2nc3ccc(Br)cn3c2NC(C)(C)CC(C)(C)C)ccc1OC(=O)c1ccco1. The van der Waals surface area contributed by atoms with Crippen LogP contribution in [0.4, 0.5) is 5.82 Å². The number of aromatic nitrogens is 2. The third-order valence-corrected chi connectivity index (χ3v) is 5.84. The average molecular weight is 540 g/mol. The van der Waals surface area contributed by atoms with Crippen LogP contribution in [0.15, 0.2) is 63.8 Å². The highest BCUT2D eigenvalue weighted by molar-refractivity contribution is 9.10. The zero-order valence-corrected chi connectivity index (χ0v) is 22.4. The number of methoxy groups -OCH3 is 1. The molecule has 0 aliphatic carbocycles. The zero-order chi connectivity index (χ0) is 25.4. The van der Waals surface area contributed by atoms with Crippen LogP contribution < -0.4 is 14.8 Å². The van der Waals surface area contributed by atoms with Crippen LogP contribution in [0.2, 0.25) is 0 Å². The average Bonchev–Trinajstić information content (AvgIpc) is 3.41. The third kappa shape index (κ3) is 5.70. The molecular weight excluding hydrogens is 510 g/mol. The van der Waals surface area contributed by atoms with E-state index in [4.69, 9.17) is 18.9 Å². The molecule has 1 N–H and O–H groups in total. The number of furan rings is 1. The van der Waals surface area contributed by atoms with Gasteiger partial charge >= 0.3 is 5.97 Å². The second kappa shape index (κ2) is 9.41. The van der Waals surface area contributed by atoms with Crippen molar-refractivity contribution in [1.29, 1.82) is 0 Å². The Morgan fingerprint density at radius 2 is 1.89 bits per heavy atom. The number of anilines is 1. The number of imidazole rings is 1. The van der Waals surface area contributed by atoms with Crippen molar-refractivity contribution in [2.75, 3.05) is 12.4 Å². The van der Waals surface area contributed by atoms with Crippen molar-refractivity contribution in [2.24, 2.45) is 5.41 Å². The summed E-state index contributed by atoms with van der Waals surface area (Å²) in [6, 6.07) is 12.5. The van der Waals surface area contributed by atoms with Crippen molar-refractivity contribution in [2.45, 2.75) is 46.6 Å². The van der Waals surface area contributed by atoms with E-state index in [1.165, 1.54) is 13.4 Å². The highest BCUT2D eigenvalue weighted by Gasteiger charge is 2.28. The fourth-order valence-corrected chi connectivity index (χ4v) is 4.81. The Balaban J connectivity index is 1.76. The lowest BCUT2D eigenvalue weighted by Crippen LogP contribution is -2.36. The summed E-state index contributed by atoms with van der Waals surface area (Å²) in [6.07, 6.45) is 4.37. The highest BCUT2D eigenvalue weighted by Crippen LogP contribution is 2.38. The molecule has 35 heavy (non-hydrogen) atoms. The summed E-state index contributed by atoms with van der Waals surface area (Å²) in [5, 5.41) is 3.74. The van der Waals surface area contributed by atoms with Gasteiger partial charge in [0.15, 0.2) is 11.5 Å². The molecule has 0 bridgehead atoms. The number of hydrogen-bond acceptors (Lipinski definition) is 6. The first kappa shape index (κ1) is 24.9. The molecule has 0 atom stereocenters. The van der Waals surface area contributed by atoms with Gasteiger partial charge in [-0.15, -0.1) is 0 Å². The van der Waals surface area contributed by atoms with Gasteiger partial charge in [0.05, 0.1) is 13.4 Å². The van der Waals surface area contributed by atoms with E-state index in [1.807, 2.05) is 34.9 Å². The van der Waals surface area contributed by atoms with Crippen molar-refractivity contribution >= 4 is 33.4 Å². The van der Waals surface area contributed by atoms with E-state index in [1.54, 1.807) is 18.2 Å². The molecule has 0 amide bonds. The monoisotopic (exact) mass is 539 g/mol. The summed E-state index contributed by atoms with van der Waals surface area (Å²) in [5.74, 6) is 1.12. The fourth-order valence-electron chi connectivity index (χ4n) is 4.47. The van der Waals surface area contributed by atoms with Gasteiger partial charge in [-0.2, -0.15) is 0 Å². The lowest BCUT2D eigenvalue weighted by molar-refractivity contribution is 0.0696. The molecule has 0 saturated heterocycles. The van der Waals surface area contributed by atoms with E-state index < -0.39 is 5.97 Å². The summed E-state index contributed by atoms with van der Waals surface area (Å²) in [4.78, 5) is 17.3. The molecule has 7 nitrogen and oxygen atoms in total. The summed E-state index contributed by atoms with van der Waals surface area (Å²) >= 11 is 3.58. The Hall–Kier alpha value is -3.26. The van der Waals surface area contributed by atoms with E-state index in [-0.39, 0.29) is 16.7 Å².